The Morgan fingerprint density at radius 1 is 1.21 bits per heavy atom. The third-order valence-electron chi connectivity index (χ3n) is 3.72. The number of alkyl carbamates (subject to hydrolysis) is 1. The van der Waals surface area contributed by atoms with E-state index in [1.807, 2.05) is 20.8 Å². The van der Waals surface area contributed by atoms with Gasteiger partial charge in [-0.05, 0) is 51.8 Å². The Labute approximate surface area is 178 Å². The van der Waals surface area contributed by atoms with Gasteiger partial charge in [-0.3, -0.25) is 0 Å². The highest BCUT2D eigenvalue weighted by molar-refractivity contribution is 7.89. The van der Waals surface area contributed by atoms with E-state index in [9.17, 15) is 13.2 Å². The maximum atomic E-state index is 12.3. The van der Waals surface area contributed by atoms with Gasteiger partial charge in [0, 0.05) is 37.8 Å². The van der Waals surface area contributed by atoms with E-state index in [0.717, 1.165) is 12.8 Å². The number of sulfonamides is 1. The van der Waals surface area contributed by atoms with Crippen LogP contribution in [0.25, 0.3) is 0 Å². The Morgan fingerprint density at radius 3 is 2.55 bits per heavy atom. The molecule has 10 heteroatoms. The van der Waals surface area contributed by atoms with E-state index in [-0.39, 0.29) is 17.5 Å². The molecule has 0 saturated carbocycles. The van der Waals surface area contributed by atoms with E-state index >= 15 is 0 Å². The number of halogens is 1. The molecule has 0 radical (unpaired) electrons. The average Bonchev–Trinajstić information content (AvgIpc) is 2.60. The normalized spacial score (nSPS) is 13.1. The van der Waals surface area contributed by atoms with Crippen LogP contribution in [0.4, 0.5) is 4.79 Å². The molecule has 1 atom stereocenters. The summed E-state index contributed by atoms with van der Waals surface area (Å²) in [5, 5.41) is 6.34. The Hall–Kier alpha value is -1.39. The summed E-state index contributed by atoms with van der Waals surface area (Å²) in [6.07, 6.45) is 1.04. The lowest BCUT2D eigenvalue weighted by Gasteiger charge is -2.20. The zero-order valence-corrected chi connectivity index (χ0v) is 19.0. The van der Waals surface area contributed by atoms with Crippen LogP contribution in [-0.4, -0.2) is 59.5 Å². The van der Waals surface area contributed by atoms with E-state index < -0.39 is 21.7 Å². The molecule has 1 aromatic rings. The van der Waals surface area contributed by atoms with Crippen LogP contribution in [0.3, 0.4) is 0 Å². The lowest BCUT2D eigenvalue weighted by Crippen LogP contribution is -2.40. The third kappa shape index (κ3) is 11.4. The first kappa shape index (κ1) is 25.6. The van der Waals surface area contributed by atoms with E-state index in [4.69, 9.17) is 21.1 Å². The quantitative estimate of drug-likeness (QED) is 0.423. The molecule has 0 bridgehead atoms. The van der Waals surface area contributed by atoms with Crippen LogP contribution in [0.1, 0.15) is 33.6 Å². The number of hydrogen-bond donors (Lipinski definition) is 3. The van der Waals surface area contributed by atoms with Crippen molar-refractivity contribution in [1.29, 1.82) is 0 Å². The number of carbonyl (C=O) groups excluding carboxylic acids is 1. The fraction of sp³-hybridized carbons (Fsp3) is 0.632. The maximum absolute atomic E-state index is 12.3. The standard InChI is InChI=1S/C19H32ClN3O5S/c1-19(2,3)28-18(24)22-10-6-8-16(14-27-4)21-11-12-23-29(25,26)17-9-5-7-15(20)13-17/h5,7,9,13,16,21,23H,6,8,10-12,14H2,1-4H3,(H,22,24)/t16-/m0/s1. The van der Waals surface area contributed by atoms with Crippen LogP contribution in [0.2, 0.25) is 5.02 Å². The molecule has 0 aliphatic heterocycles. The predicted molar refractivity (Wildman–Crippen MR) is 114 cm³/mol. The van der Waals surface area contributed by atoms with Gasteiger partial charge in [-0.1, -0.05) is 17.7 Å². The van der Waals surface area contributed by atoms with Crippen molar-refractivity contribution in [2.24, 2.45) is 0 Å². The highest BCUT2D eigenvalue weighted by Gasteiger charge is 2.16. The number of methoxy groups -OCH3 is 1. The van der Waals surface area contributed by atoms with Crippen molar-refractivity contribution >= 4 is 27.7 Å². The molecule has 0 aliphatic rings. The molecule has 29 heavy (non-hydrogen) atoms. The molecule has 166 valence electrons. The Morgan fingerprint density at radius 2 is 1.93 bits per heavy atom. The van der Waals surface area contributed by atoms with E-state index in [2.05, 4.69) is 15.4 Å². The summed E-state index contributed by atoms with van der Waals surface area (Å²) in [6, 6.07) is 6.15. The van der Waals surface area contributed by atoms with E-state index in [0.29, 0.717) is 24.7 Å². The van der Waals surface area contributed by atoms with Crippen molar-refractivity contribution in [3.63, 3.8) is 0 Å². The average molecular weight is 450 g/mol. The number of hydrogen-bond acceptors (Lipinski definition) is 6. The highest BCUT2D eigenvalue weighted by Crippen LogP contribution is 2.14. The molecule has 0 aromatic heterocycles. The molecule has 1 aromatic carbocycles. The molecular formula is C19H32ClN3O5S. The van der Waals surface area contributed by atoms with Gasteiger partial charge >= 0.3 is 6.09 Å². The van der Waals surface area contributed by atoms with Gasteiger partial charge < -0.3 is 20.1 Å². The molecule has 0 fully saturated rings. The van der Waals surface area contributed by atoms with Crippen molar-refractivity contribution in [1.82, 2.24) is 15.4 Å². The van der Waals surface area contributed by atoms with Gasteiger partial charge in [0.15, 0.2) is 0 Å². The van der Waals surface area contributed by atoms with Crippen LogP contribution >= 0.6 is 11.6 Å². The molecule has 0 saturated heterocycles. The number of benzene rings is 1. The topological polar surface area (TPSA) is 106 Å². The van der Waals surface area contributed by atoms with Crippen molar-refractivity contribution in [3.8, 4) is 0 Å². The molecule has 0 spiro atoms. The summed E-state index contributed by atoms with van der Waals surface area (Å²) in [7, 11) is -2.00. The summed E-state index contributed by atoms with van der Waals surface area (Å²) < 4.78 is 37.4. The number of rotatable bonds is 12. The molecule has 1 amide bonds. The Bertz CT molecular complexity index is 738. The largest absolute Gasteiger partial charge is 0.444 e. The second kappa shape index (κ2) is 12.3. The third-order valence-corrected chi connectivity index (χ3v) is 5.42. The van der Waals surface area contributed by atoms with Crippen LogP contribution in [0, 0.1) is 0 Å². The molecule has 3 N–H and O–H groups in total. The smallest absolute Gasteiger partial charge is 0.407 e. The predicted octanol–water partition coefficient (Wildman–Crippen LogP) is 2.53. The number of ether oxygens (including phenoxy) is 2. The van der Waals surface area contributed by atoms with Crippen LogP contribution in [0.5, 0.6) is 0 Å². The van der Waals surface area contributed by atoms with Crippen LogP contribution < -0.4 is 15.4 Å². The number of carbonyl (C=O) groups is 1. The first-order valence-corrected chi connectivity index (χ1v) is 11.3. The monoisotopic (exact) mass is 449 g/mol. The molecular weight excluding hydrogens is 418 g/mol. The van der Waals surface area contributed by atoms with E-state index in [1.54, 1.807) is 19.2 Å². The van der Waals surface area contributed by atoms with Gasteiger partial charge in [0.05, 0.1) is 11.5 Å². The van der Waals surface area contributed by atoms with Crippen molar-refractivity contribution < 1.29 is 22.7 Å². The second-order valence-electron chi connectivity index (χ2n) is 7.53. The van der Waals surface area contributed by atoms with E-state index in [1.165, 1.54) is 12.1 Å². The number of amides is 1. The SMILES string of the molecule is COC[C@H](CCCNC(=O)OC(C)(C)C)NCCNS(=O)(=O)c1cccc(Cl)c1. The van der Waals surface area contributed by atoms with Gasteiger partial charge in [0.25, 0.3) is 0 Å². The van der Waals surface area contributed by atoms with Crippen molar-refractivity contribution in [2.45, 2.75) is 50.2 Å². The van der Waals surface area contributed by atoms with Crippen LogP contribution in [-0.2, 0) is 19.5 Å². The fourth-order valence-corrected chi connectivity index (χ4v) is 3.81. The highest BCUT2D eigenvalue weighted by atomic mass is 35.5. The van der Waals surface area contributed by atoms with Crippen LogP contribution in [0.15, 0.2) is 29.2 Å². The minimum absolute atomic E-state index is 0.0381. The molecule has 1 rings (SSSR count). The zero-order valence-electron chi connectivity index (χ0n) is 17.5. The maximum Gasteiger partial charge on any atom is 0.407 e. The van der Waals surface area contributed by atoms with Gasteiger partial charge in [0.1, 0.15) is 5.60 Å². The minimum Gasteiger partial charge on any atom is -0.444 e. The molecule has 0 unspecified atom stereocenters. The lowest BCUT2D eigenvalue weighted by atomic mass is 10.1. The Kier molecular flexibility index (Phi) is 10.9. The van der Waals surface area contributed by atoms with Crippen molar-refractivity contribution in [2.75, 3.05) is 33.4 Å². The molecule has 0 aliphatic carbocycles. The Balaban J connectivity index is 2.32. The summed E-state index contributed by atoms with van der Waals surface area (Å²) in [6.45, 7) is 7.06. The van der Waals surface area contributed by atoms with Crippen molar-refractivity contribution in [3.05, 3.63) is 29.3 Å². The minimum atomic E-state index is -3.61. The van der Waals surface area contributed by atoms with Gasteiger partial charge in [-0.25, -0.2) is 17.9 Å². The summed E-state index contributed by atoms with van der Waals surface area (Å²) in [5.41, 5.74) is -0.525. The van der Waals surface area contributed by atoms with Gasteiger partial charge in [0.2, 0.25) is 10.0 Å². The molecule has 0 heterocycles. The molecule has 8 nitrogen and oxygen atoms in total. The fourth-order valence-electron chi connectivity index (χ4n) is 2.48. The van der Waals surface area contributed by atoms with Gasteiger partial charge in [-0.15, -0.1) is 0 Å². The first-order valence-electron chi connectivity index (χ1n) is 9.48. The van der Waals surface area contributed by atoms with Gasteiger partial charge in [-0.2, -0.15) is 0 Å². The zero-order chi connectivity index (χ0) is 21.9. The lowest BCUT2D eigenvalue weighted by molar-refractivity contribution is 0.0526. The summed E-state index contributed by atoms with van der Waals surface area (Å²) in [5.74, 6) is 0. The summed E-state index contributed by atoms with van der Waals surface area (Å²) in [4.78, 5) is 11.8. The summed E-state index contributed by atoms with van der Waals surface area (Å²) >= 11 is 5.85. The number of nitrogens with one attached hydrogen (secondary N) is 3. The first-order chi connectivity index (χ1) is 13.5. The second-order valence-corrected chi connectivity index (χ2v) is 9.74.